The molecule has 0 spiro atoms. The molecule has 28 heavy (non-hydrogen) atoms. The molecule has 0 amide bonds. The van der Waals surface area contributed by atoms with E-state index in [1.54, 1.807) is 0 Å². The molecule has 5 heteroatoms. The molecule has 2 aromatic rings. The minimum absolute atomic E-state index is 1.17. The van der Waals surface area contributed by atoms with Crippen LogP contribution in [0.2, 0.25) is 31.2 Å². The maximum absolute atomic E-state index is 7.07. The van der Waals surface area contributed by atoms with Gasteiger partial charge in [0.1, 0.15) is 0 Å². The van der Waals surface area contributed by atoms with Crippen molar-refractivity contribution in [3.8, 4) is 0 Å². The van der Waals surface area contributed by atoms with Crippen molar-refractivity contribution in [3.63, 3.8) is 0 Å². The van der Waals surface area contributed by atoms with Gasteiger partial charge in [0.15, 0.2) is 0 Å². The molecule has 2 nitrogen and oxygen atoms in total. The molecule has 0 aromatic heterocycles. The average molecular weight is 429 g/mol. The first-order valence-electron chi connectivity index (χ1n) is 10.4. The molecular weight excluding hydrogens is 393 g/mol. The van der Waals surface area contributed by atoms with Crippen LogP contribution in [-0.4, -0.2) is 32.1 Å². The molecule has 0 bridgehead atoms. The zero-order valence-electron chi connectivity index (χ0n) is 18.4. The predicted octanol–water partition coefficient (Wildman–Crippen LogP) is 5.25. The molecule has 0 fully saturated rings. The average Bonchev–Trinajstić information content (AvgIpc) is 2.75. The summed E-state index contributed by atoms with van der Waals surface area (Å²) in [6.07, 6.45) is 0. The standard InChI is InChI=1S/C23H36O2Si3/c1-7-27(8-2,9-3)21-20-26(5,6)25-28(24-4,22-16-12-10-13-17-22)23-18-14-11-15-19-23/h10-21H,7-9H2,1-6H3. The molecule has 0 unspecified atom stereocenters. The van der Waals surface area contributed by atoms with Crippen LogP contribution in [0.5, 0.6) is 0 Å². The lowest BCUT2D eigenvalue weighted by Crippen LogP contribution is -2.66. The number of rotatable bonds is 10. The number of benzene rings is 2. The van der Waals surface area contributed by atoms with Crippen molar-refractivity contribution in [1.29, 1.82) is 0 Å². The summed E-state index contributed by atoms with van der Waals surface area (Å²) in [5, 5.41) is 2.34. The van der Waals surface area contributed by atoms with E-state index < -0.39 is 25.0 Å². The highest BCUT2D eigenvalue weighted by Crippen LogP contribution is 2.24. The zero-order chi connectivity index (χ0) is 20.7. The normalized spacial score (nSPS) is 13.2. The van der Waals surface area contributed by atoms with Gasteiger partial charge in [-0.15, -0.1) is 0 Å². The van der Waals surface area contributed by atoms with Gasteiger partial charge in [0, 0.05) is 7.11 Å². The Kier molecular flexibility index (Phi) is 8.21. The lowest BCUT2D eigenvalue weighted by atomic mass is 10.4. The van der Waals surface area contributed by atoms with E-state index >= 15 is 0 Å². The van der Waals surface area contributed by atoms with Gasteiger partial charge in [-0.3, -0.25) is 0 Å². The van der Waals surface area contributed by atoms with Crippen LogP contribution in [0.25, 0.3) is 0 Å². The molecule has 0 heterocycles. The van der Waals surface area contributed by atoms with Crippen LogP contribution in [0.3, 0.4) is 0 Å². The molecule has 0 aliphatic rings. The molecule has 0 aliphatic carbocycles. The summed E-state index contributed by atoms with van der Waals surface area (Å²) in [7, 11) is -4.36. The number of hydrogen-bond acceptors (Lipinski definition) is 2. The third-order valence-electron chi connectivity index (χ3n) is 5.95. The van der Waals surface area contributed by atoms with Crippen LogP contribution in [0.1, 0.15) is 20.8 Å². The molecule has 0 saturated heterocycles. The molecule has 0 saturated carbocycles. The summed E-state index contributed by atoms with van der Waals surface area (Å²) in [5.41, 5.74) is 5.02. The fourth-order valence-electron chi connectivity index (χ4n) is 3.76. The Labute approximate surface area is 175 Å². The largest absolute Gasteiger partial charge is 0.426 e. The summed E-state index contributed by atoms with van der Waals surface area (Å²) in [4.78, 5) is 0. The van der Waals surface area contributed by atoms with Crippen molar-refractivity contribution >= 4 is 35.3 Å². The Morgan fingerprint density at radius 1 is 0.714 bits per heavy atom. The molecule has 0 atom stereocenters. The minimum Gasteiger partial charge on any atom is -0.426 e. The van der Waals surface area contributed by atoms with Crippen molar-refractivity contribution in [2.75, 3.05) is 7.11 Å². The highest BCUT2D eigenvalue weighted by atomic mass is 28.4. The maximum Gasteiger partial charge on any atom is 0.396 e. The second kappa shape index (κ2) is 9.98. The van der Waals surface area contributed by atoms with Crippen LogP contribution < -0.4 is 10.4 Å². The third-order valence-corrected chi connectivity index (χ3v) is 18.4. The molecule has 0 radical (unpaired) electrons. The summed E-state index contributed by atoms with van der Waals surface area (Å²) in [6, 6.07) is 24.9. The van der Waals surface area contributed by atoms with E-state index in [9.17, 15) is 0 Å². The molecular formula is C23H36O2Si3. The first-order chi connectivity index (χ1) is 13.4. The van der Waals surface area contributed by atoms with Gasteiger partial charge in [0.2, 0.25) is 8.32 Å². The summed E-state index contributed by atoms with van der Waals surface area (Å²) in [5.74, 6) is 0. The summed E-state index contributed by atoms with van der Waals surface area (Å²) < 4.78 is 13.4. The van der Waals surface area contributed by atoms with Crippen molar-refractivity contribution < 1.29 is 8.54 Å². The third kappa shape index (κ3) is 5.21. The first-order valence-corrected chi connectivity index (χ1v) is 17.9. The van der Waals surface area contributed by atoms with Crippen LogP contribution in [0, 0.1) is 0 Å². The van der Waals surface area contributed by atoms with Gasteiger partial charge >= 0.3 is 8.56 Å². The Morgan fingerprint density at radius 2 is 1.14 bits per heavy atom. The van der Waals surface area contributed by atoms with Crippen molar-refractivity contribution in [2.24, 2.45) is 0 Å². The SMILES string of the molecule is CC[Si](C=C[Si](C)(C)O[Si](OC)(c1ccccc1)c1ccccc1)(CC)CC. The van der Waals surface area contributed by atoms with Gasteiger partial charge in [0.05, 0.1) is 8.07 Å². The highest BCUT2D eigenvalue weighted by Gasteiger charge is 2.45. The van der Waals surface area contributed by atoms with Crippen molar-refractivity contribution in [3.05, 3.63) is 72.1 Å². The van der Waals surface area contributed by atoms with Crippen LogP contribution in [-0.2, 0) is 8.54 Å². The Hall–Kier alpha value is -1.25. The second-order valence-electron chi connectivity index (χ2n) is 8.01. The molecule has 152 valence electrons. The fraction of sp³-hybridized carbons (Fsp3) is 0.391. The lowest BCUT2D eigenvalue weighted by molar-refractivity contribution is 0.328. The van der Waals surface area contributed by atoms with Gasteiger partial charge < -0.3 is 8.54 Å². The minimum atomic E-state index is -2.76. The van der Waals surface area contributed by atoms with Crippen molar-refractivity contribution in [1.82, 2.24) is 0 Å². The molecule has 0 N–H and O–H groups in total. The first kappa shape index (κ1) is 23.0. The van der Waals surface area contributed by atoms with E-state index in [0.29, 0.717) is 0 Å². The Morgan fingerprint density at radius 3 is 1.50 bits per heavy atom. The summed E-state index contributed by atoms with van der Waals surface area (Å²) in [6.45, 7) is 11.6. The van der Waals surface area contributed by atoms with E-state index in [1.165, 1.54) is 28.5 Å². The van der Waals surface area contributed by atoms with Crippen LogP contribution in [0.15, 0.2) is 72.1 Å². The zero-order valence-corrected chi connectivity index (χ0v) is 21.4. The molecule has 0 aliphatic heterocycles. The van der Waals surface area contributed by atoms with E-state index in [2.05, 4.69) is 106 Å². The Bertz CT molecular complexity index is 693. The predicted molar refractivity (Wildman–Crippen MR) is 130 cm³/mol. The van der Waals surface area contributed by atoms with Gasteiger partial charge in [0.25, 0.3) is 0 Å². The lowest BCUT2D eigenvalue weighted by Gasteiger charge is -2.37. The summed E-state index contributed by atoms with van der Waals surface area (Å²) >= 11 is 0. The highest BCUT2D eigenvalue weighted by molar-refractivity contribution is 6.99. The maximum atomic E-state index is 7.07. The van der Waals surface area contributed by atoms with E-state index in [1.807, 2.05) is 7.11 Å². The van der Waals surface area contributed by atoms with Crippen molar-refractivity contribution in [2.45, 2.75) is 52.0 Å². The molecule has 2 rings (SSSR count). The van der Waals surface area contributed by atoms with E-state index in [0.717, 1.165) is 0 Å². The van der Waals surface area contributed by atoms with Gasteiger partial charge in [-0.1, -0.05) is 111 Å². The Balaban J connectivity index is 2.48. The molecule has 2 aromatic carbocycles. The topological polar surface area (TPSA) is 18.5 Å². The van der Waals surface area contributed by atoms with Gasteiger partial charge in [-0.2, -0.15) is 0 Å². The quantitative estimate of drug-likeness (QED) is 0.481. The van der Waals surface area contributed by atoms with E-state index in [4.69, 9.17) is 8.54 Å². The monoisotopic (exact) mass is 428 g/mol. The van der Waals surface area contributed by atoms with Crippen LogP contribution in [0.4, 0.5) is 0 Å². The van der Waals surface area contributed by atoms with Gasteiger partial charge in [-0.25, -0.2) is 0 Å². The van der Waals surface area contributed by atoms with E-state index in [-0.39, 0.29) is 0 Å². The number of hydrogen-bond donors (Lipinski definition) is 0. The van der Waals surface area contributed by atoms with Gasteiger partial charge in [-0.05, 0) is 23.5 Å². The second-order valence-corrected chi connectivity index (χ2v) is 20.3. The van der Waals surface area contributed by atoms with Crippen LogP contribution >= 0.6 is 0 Å². The fourth-order valence-corrected chi connectivity index (χ4v) is 15.6. The smallest absolute Gasteiger partial charge is 0.396 e.